The summed E-state index contributed by atoms with van der Waals surface area (Å²) in [5, 5.41) is 10.5. The van der Waals surface area contributed by atoms with E-state index < -0.39 is 47.4 Å². The highest BCUT2D eigenvalue weighted by Crippen LogP contribution is 2.45. The lowest BCUT2D eigenvalue weighted by Crippen LogP contribution is -2.57. The number of aliphatic hydroxyl groups is 1. The maximum absolute atomic E-state index is 12.1. The van der Waals surface area contributed by atoms with Crippen LogP contribution in [0, 0.1) is 5.41 Å². The van der Waals surface area contributed by atoms with E-state index in [0.717, 1.165) is 0 Å². The molecule has 0 spiro atoms. The second kappa shape index (κ2) is 6.38. The van der Waals surface area contributed by atoms with Crippen molar-refractivity contribution in [3.63, 3.8) is 0 Å². The molecule has 0 aromatic rings. The molecule has 2 rings (SSSR count). The molecule has 2 saturated heterocycles. The molecule has 0 aliphatic carbocycles. The van der Waals surface area contributed by atoms with Crippen LogP contribution < -0.4 is 0 Å². The highest BCUT2D eigenvalue weighted by Gasteiger charge is 2.65. The Bertz CT molecular complexity index is 496. The number of esters is 1. The highest BCUT2D eigenvalue weighted by molar-refractivity contribution is 5.75. The fourth-order valence-electron chi connectivity index (χ4n) is 2.98. The van der Waals surface area contributed by atoms with Crippen molar-refractivity contribution >= 4 is 5.97 Å². The molecule has 2 aliphatic rings. The molecule has 7 nitrogen and oxygen atoms in total. The average Bonchev–Trinajstić information content (AvgIpc) is 2.91. The van der Waals surface area contributed by atoms with E-state index in [4.69, 9.17) is 23.7 Å². The SMILES string of the molecule is C=C[C@H](O)[C@@]1(COC(=O)C(C)(C)C)O[C@@H]2OC(C)(C)O[C@@H]2[C@@H]1OC. The van der Waals surface area contributed by atoms with Gasteiger partial charge in [0.15, 0.2) is 17.7 Å². The Morgan fingerprint density at radius 1 is 1.33 bits per heavy atom. The normalized spacial score (nSPS) is 36.2. The topological polar surface area (TPSA) is 83.5 Å². The van der Waals surface area contributed by atoms with Crippen LogP contribution in [0.1, 0.15) is 34.6 Å². The van der Waals surface area contributed by atoms with Crippen LogP contribution in [0.25, 0.3) is 0 Å². The second-order valence-corrected chi connectivity index (χ2v) is 7.70. The van der Waals surface area contributed by atoms with E-state index in [1.54, 1.807) is 34.6 Å². The summed E-state index contributed by atoms with van der Waals surface area (Å²) in [7, 11) is 1.49. The predicted molar refractivity (Wildman–Crippen MR) is 85.1 cm³/mol. The Morgan fingerprint density at radius 3 is 2.46 bits per heavy atom. The fraction of sp³-hybridized carbons (Fsp3) is 0.824. The van der Waals surface area contributed by atoms with Gasteiger partial charge >= 0.3 is 5.97 Å². The number of ether oxygens (including phenoxy) is 5. The summed E-state index contributed by atoms with van der Waals surface area (Å²) in [5.74, 6) is -1.23. The molecule has 0 bridgehead atoms. The monoisotopic (exact) mass is 344 g/mol. The van der Waals surface area contributed by atoms with Crippen LogP contribution in [0.2, 0.25) is 0 Å². The van der Waals surface area contributed by atoms with E-state index in [0.29, 0.717) is 0 Å². The van der Waals surface area contributed by atoms with E-state index >= 15 is 0 Å². The van der Waals surface area contributed by atoms with Crippen LogP contribution >= 0.6 is 0 Å². The Hall–Kier alpha value is -0.990. The highest BCUT2D eigenvalue weighted by atomic mass is 16.8. The minimum Gasteiger partial charge on any atom is -0.462 e. The number of rotatable bonds is 5. The molecule has 0 unspecified atom stereocenters. The molecule has 2 fully saturated rings. The first kappa shape index (κ1) is 19.3. The lowest BCUT2D eigenvalue weighted by atomic mass is 9.89. The maximum Gasteiger partial charge on any atom is 0.311 e. The number of carbonyl (C=O) groups excluding carboxylic acids is 1. The van der Waals surface area contributed by atoms with Crippen LogP contribution in [-0.2, 0) is 28.5 Å². The van der Waals surface area contributed by atoms with Crippen LogP contribution in [0.5, 0.6) is 0 Å². The van der Waals surface area contributed by atoms with Gasteiger partial charge in [-0.15, -0.1) is 6.58 Å². The lowest BCUT2D eigenvalue weighted by Gasteiger charge is -2.38. The van der Waals surface area contributed by atoms with Gasteiger partial charge in [-0.1, -0.05) is 6.08 Å². The van der Waals surface area contributed by atoms with Crippen molar-refractivity contribution in [1.82, 2.24) is 0 Å². The summed E-state index contributed by atoms with van der Waals surface area (Å²) in [5.41, 5.74) is -2.02. The maximum atomic E-state index is 12.1. The summed E-state index contributed by atoms with van der Waals surface area (Å²) < 4.78 is 28.5. The molecular weight excluding hydrogens is 316 g/mol. The summed E-state index contributed by atoms with van der Waals surface area (Å²) in [6, 6.07) is 0. The van der Waals surface area contributed by atoms with Crippen molar-refractivity contribution in [3.8, 4) is 0 Å². The van der Waals surface area contributed by atoms with E-state index in [9.17, 15) is 9.90 Å². The molecule has 1 N–H and O–H groups in total. The Labute approximate surface area is 142 Å². The van der Waals surface area contributed by atoms with Crippen LogP contribution in [0.3, 0.4) is 0 Å². The van der Waals surface area contributed by atoms with Gasteiger partial charge in [0.2, 0.25) is 0 Å². The van der Waals surface area contributed by atoms with Gasteiger partial charge in [0.1, 0.15) is 24.9 Å². The zero-order chi connectivity index (χ0) is 18.3. The van der Waals surface area contributed by atoms with Gasteiger partial charge in [-0.2, -0.15) is 0 Å². The van der Waals surface area contributed by atoms with Gasteiger partial charge in [-0.05, 0) is 34.6 Å². The Balaban J connectivity index is 2.26. The van der Waals surface area contributed by atoms with E-state index in [1.807, 2.05) is 0 Å². The Morgan fingerprint density at radius 2 is 1.96 bits per heavy atom. The minimum atomic E-state index is -1.34. The summed E-state index contributed by atoms with van der Waals surface area (Å²) in [6.45, 7) is 12.2. The van der Waals surface area contributed by atoms with Gasteiger partial charge in [-0.25, -0.2) is 0 Å². The summed E-state index contributed by atoms with van der Waals surface area (Å²) in [6.07, 6.45) is -1.77. The molecule has 138 valence electrons. The molecule has 7 heteroatoms. The van der Waals surface area contributed by atoms with Gasteiger partial charge < -0.3 is 28.8 Å². The molecule has 0 aromatic carbocycles. The number of methoxy groups -OCH3 is 1. The van der Waals surface area contributed by atoms with Crippen molar-refractivity contribution in [2.75, 3.05) is 13.7 Å². The summed E-state index contributed by atoms with van der Waals surface area (Å²) >= 11 is 0. The zero-order valence-electron chi connectivity index (χ0n) is 15.2. The minimum absolute atomic E-state index is 0.199. The third-order valence-corrected chi connectivity index (χ3v) is 4.22. The largest absolute Gasteiger partial charge is 0.462 e. The zero-order valence-corrected chi connectivity index (χ0v) is 15.2. The third kappa shape index (κ3) is 3.36. The molecule has 2 heterocycles. The fourth-order valence-corrected chi connectivity index (χ4v) is 2.98. The van der Waals surface area contributed by atoms with Crippen molar-refractivity contribution in [2.45, 2.75) is 70.6 Å². The van der Waals surface area contributed by atoms with Crippen molar-refractivity contribution < 1.29 is 33.6 Å². The van der Waals surface area contributed by atoms with Gasteiger partial charge in [0.05, 0.1) is 5.41 Å². The van der Waals surface area contributed by atoms with Crippen molar-refractivity contribution in [3.05, 3.63) is 12.7 Å². The number of hydrogen-bond donors (Lipinski definition) is 1. The first-order valence-electron chi connectivity index (χ1n) is 8.01. The first-order chi connectivity index (χ1) is 11.0. The third-order valence-electron chi connectivity index (χ3n) is 4.22. The summed E-state index contributed by atoms with van der Waals surface area (Å²) in [4.78, 5) is 12.1. The van der Waals surface area contributed by atoms with E-state index in [1.165, 1.54) is 13.2 Å². The molecule has 24 heavy (non-hydrogen) atoms. The number of carbonyl (C=O) groups is 1. The van der Waals surface area contributed by atoms with Gasteiger partial charge in [-0.3, -0.25) is 4.79 Å². The Kier molecular flexibility index (Phi) is 5.14. The van der Waals surface area contributed by atoms with Crippen molar-refractivity contribution in [2.24, 2.45) is 5.41 Å². The van der Waals surface area contributed by atoms with Crippen LogP contribution in [0.4, 0.5) is 0 Å². The van der Waals surface area contributed by atoms with Crippen molar-refractivity contribution in [1.29, 1.82) is 0 Å². The average molecular weight is 344 g/mol. The molecule has 0 aromatic heterocycles. The second-order valence-electron chi connectivity index (χ2n) is 7.70. The number of fused-ring (bicyclic) bond motifs is 1. The predicted octanol–water partition coefficient (Wildman–Crippen LogP) is 1.38. The molecule has 0 saturated carbocycles. The standard InChI is InChI=1S/C17H28O7/c1-8-10(18)17(9-21-14(19)15(2,3)4)12(20-7)11-13(24-17)23-16(5,6)22-11/h8,10-13,18H,1,9H2,2-7H3/t10-,11+,12-,13-,17+/m0/s1. The number of hydrogen-bond acceptors (Lipinski definition) is 7. The number of aliphatic hydroxyl groups excluding tert-OH is 1. The van der Waals surface area contributed by atoms with Gasteiger partial charge in [0, 0.05) is 7.11 Å². The van der Waals surface area contributed by atoms with E-state index in [2.05, 4.69) is 6.58 Å². The van der Waals surface area contributed by atoms with Crippen LogP contribution in [0.15, 0.2) is 12.7 Å². The van der Waals surface area contributed by atoms with Gasteiger partial charge in [0.25, 0.3) is 0 Å². The molecule has 0 amide bonds. The smallest absolute Gasteiger partial charge is 0.311 e. The molecule has 0 radical (unpaired) electrons. The molecular formula is C17H28O7. The quantitative estimate of drug-likeness (QED) is 0.596. The molecule has 2 aliphatic heterocycles. The lowest BCUT2D eigenvalue weighted by molar-refractivity contribution is -0.265. The van der Waals surface area contributed by atoms with Crippen LogP contribution in [-0.4, -0.2) is 60.8 Å². The first-order valence-corrected chi connectivity index (χ1v) is 8.01. The van der Waals surface area contributed by atoms with E-state index in [-0.39, 0.29) is 6.61 Å². The molecule has 5 atom stereocenters.